The van der Waals surface area contributed by atoms with E-state index in [1.54, 1.807) is 23.9 Å². The molecule has 2 aromatic rings. The molecule has 3 N–H and O–H groups in total. The Kier molecular flexibility index (Phi) is 3.92. The number of thioether (sulfide) groups is 1. The monoisotopic (exact) mass is 281 g/mol. The van der Waals surface area contributed by atoms with Crippen LogP contribution in [0.1, 0.15) is 5.56 Å². The Labute approximate surface area is 112 Å². The van der Waals surface area contributed by atoms with Gasteiger partial charge in [0.05, 0.1) is 4.92 Å². The number of aryl methyl sites for hydroxylation is 1. The Balaban J connectivity index is 2.13. The van der Waals surface area contributed by atoms with Crippen LogP contribution in [0.25, 0.3) is 0 Å². The third-order valence-corrected chi connectivity index (χ3v) is 3.44. The van der Waals surface area contributed by atoms with Gasteiger partial charge in [0.1, 0.15) is 5.69 Å². The number of nitrogen functional groups attached to an aromatic ring is 1. The van der Waals surface area contributed by atoms with Crippen LogP contribution in [0.4, 0.5) is 11.4 Å². The summed E-state index contributed by atoms with van der Waals surface area (Å²) in [4.78, 5) is 10.3. The summed E-state index contributed by atoms with van der Waals surface area (Å²) in [6.45, 7) is 0. The second-order valence-electron chi connectivity index (χ2n) is 3.63. The summed E-state index contributed by atoms with van der Waals surface area (Å²) in [5.41, 5.74) is 3.42. The Hall–Kier alpha value is -2.20. The maximum absolute atomic E-state index is 10.8. The number of nitrogens with zero attached hydrogens (tertiary/aromatic N) is 5. The number of rotatable bonds is 5. The SMILES string of the molecule is Cn1nnnc1SCc1ccc([N+](=O)[O-])c(NN)c1. The third kappa shape index (κ3) is 2.98. The highest BCUT2D eigenvalue weighted by Crippen LogP contribution is 2.27. The number of tetrazole rings is 1. The average molecular weight is 281 g/mol. The minimum Gasteiger partial charge on any atom is -0.318 e. The fourth-order valence-electron chi connectivity index (χ4n) is 1.44. The van der Waals surface area contributed by atoms with Crippen molar-refractivity contribution in [2.24, 2.45) is 12.9 Å². The maximum atomic E-state index is 10.8. The van der Waals surface area contributed by atoms with E-state index in [0.29, 0.717) is 10.9 Å². The molecule has 0 amide bonds. The van der Waals surface area contributed by atoms with Crippen LogP contribution in [0.5, 0.6) is 0 Å². The molecular formula is C9H11N7O2S. The number of hydrogen-bond acceptors (Lipinski definition) is 8. The van der Waals surface area contributed by atoms with Crippen molar-refractivity contribution in [3.63, 3.8) is 0 Å². The molecule has 0 saturated heterocycles. The molecular weight excluding hydrogens is 270 g/mol. The van der Waals surface area contributed by atoms with Crippen LogP contribution in [0.2, 0.25) is 0 Å². The summed E-state index contributed by atoms with van der Waals surface area (Å²) in [6, 6.07) is 4.73. The number of nitrogens with two attached hydrogens (primary N) is 1. The highest BCUT2D eigenvalue weighted by atomic mass is 32.2. The molecule has 100 valence electrons. The lowest BCUT2D eigenvalue weighted by Crippen LogP contribution is -2.09. The van der Waals surface area contributed by atoms with Crippen molar-refractivity contribution < 1.29 is 4.92 Å². The van der Waals surface area contributed by atoms with Gasteiger partial charge in [-0.25, -0.2) is 4.68 Å². The lowest BCUT2D eigenvalue weighted by molar-refractivity contribution is -0.384. The summed E-state index contributed by atoms with van der Waals surface area (Å²) in [7, 11) is 1.74. The van der Waals surface area contributed by atoms with E-state index in [1.807, 2.05) is 0 Å². The first kappa shape index (κ1) is 13.2. The molecule has 0 unspecified atom stereocenters. The zero-order valence-electron chi connectivity index (χ0n) is 9.98. The predicted octanol–water partition coefficient (Wildman–Crippen LogP) is 0.696. The van der Waals surface area contributed by atoms with E-state index in [0.717, 1.165) is 5.56 Å². The van der Waals surface area contributed by atoms with Crippen LogP contribution in [0, 0.1) is 10.1 Å². The zero-order valence-corrected chi connectivity index (χ0v) is 10.8. The lowest BCUT2D eigenvalue weighted by Gasteiger charge is -2.05. The average Bonchev–Trinajstić information content (AvgIpc) is 2.81. The van der Waals surface area contributed by atoms with Crippen molar-refractivity contribution in [2.75, 3.05) is 5.43 Å². The second-order valence-corrected chi connectivity index (χ2v) is 4.57. The first-order chi connectivity index (χ1) is 9.11. The Morgan fingerprint density at radius 1 is 1.58 bits per heavy atom. The van der Waals surface area contributed by atoms with Crippen LogP contribution in [0.3, 0.4) is 0 Å². The van der Waals surface area contributed by atoms with E-state index < -0.39 is 4.92 Å². The molecule has 0 atom stereocenters. The molecule has 0 aliphatic heterocycles. The first-order valence-electron chi connectivity index (χ1n) is 5.21. The van der Waals surface area contributed by atoms with E-state index in [1.165, 1.54) is 17.8 Å². The molecule has 0 aliphatic carbocycles. The fourth-order valence-corrected chi connectivity index (χ4v) is 2.23. The van der Waals surface area contributed by atoms with E-state index in [4.69, 9.17) is 5.84 Å². The number of benzene rings is 1. The van der Waals surface area contributed by atoms with Crippen molar-refractivity contribution in [3.8, 4) is 0 Å². The molecule has 0 spiro atoms. The standard InChI is InChI=1S/C9H11N7O2S/c1-15-9(12-13-14-15)19-5-6-2-3-8(16(17)18)7(4-6)11-10/h2-4,11H,5,10H2,1H3. The molecule has 1 heterocycles. The van der Waals surface area contributed by atoms with Gasteiger partial charge in [0, 0.05) is 18.9 Å². The summed E-state index contributed by atoms with van der Waals surface area (Å²) >= 11 is 1.43. The summed E-state index contributed by atoms with van der Waals surface area (Å²) in [5.74, 6) is 5.86. The highest BCUT2D eigenvalue weighted by molar-refractivity contribution is 7.98. The molecule has 10 heteroatoms. The Bertz CT molecular complexity index is 600. The number of nitrogens with one attached hydrogen (secondary N) is 1. The van der Waals surface area contributed by atoms with Gasteiger partial charge in [-0.3, -0.25) is 16.0 Å². The number of anilines is 1. The smallest absolute Gasteiger partial charge is 0.293 e. The van der Waals surface area contributed by atoms with Crippen LogP contribution >= 0.6 is 11.8 Å². The van der Waals surface area contributed by atoms with Crippen LogP contribution < -0.4 is 11.3 Å². The van der Waals surface area contributed by atoms with Crippen molar-refractivity contribution in [3.05, 3.63) is 33.9 Å². The van der Waals surface area contributed by atoms with Gasteiger partial charge in [0.2, 0.25) is 5.16 Å². The van der Waals surface area contributed by atoms with Crippen molar-refractivity contribution in [2.45, 2.75) is 10.9 Å². The predicted molar refractivity (Wildman–Crippen MR) is 69.3 cm³/mol. The molecule has 0 bridgehead atoms. The Morgan fingerprint density at radius 3 is 2.95 bits per heavy atom. The van der Waals surface area contributed by atoms with E-state index in [9.17, 15) is 10.1 Å². The van der Waals surface area contributed by atoms with Crippen molar-refractivity contribution in [1.29, 1.82) is 0 Å². The largest absolute Gasteiger partial charge is 0.318 e. The Morgan fingerprint density at radius 2 is 2.37 bits per heavy atom. The van der Waals surface area contributed by atoms with Gasteiger partial charge in [-0.05, 0) is 22.1 Å². The van der Waals surface area contributed by atoms with Gasteiger partial charge in [-0.2, -0.15) is 0 Å². The molecule has 0 aliphatic rings. The fraction of sp³-hybridized carbons (Fsp3) is 0.222. The van der Waals surface area contributed by atoms with E-state index >= 15 is 0 Å². The quantitative estimate of drug-likeness (QED) is 0.355. The molecule has 1 aromatic carbocycles. The molecule has 0 saturated carbocycles. The van der Waals surface area contributed by atoms with E-state index in [-0.39, 0.29) is 11.4 Å². The topological polar surface area (TPSA) is 125 Å². The molecule has 1 aromatic heterocycles. The van der Waals surface area contributed by atoms with Crippen molar-refractivity contribution >= 4 is 23.1 Å². The van der Waals surface area contributed by atoms with Gasteiger partial charge in [0.15, 0.2) is 0 Å². The summed E-state index contributed by atoms with van der Waals surface area (Å²) < 4.78 is 1.55. The first-order valence-corrected chi connectivity index (χ1v) is 6.19. The van der Waals surface area contributed by atoms with Crippen LogP contribution in [0.15, 0.2) is 23.4 Å². The zero-order chi connectivity index (χ0) is 13.8. The van der Waals surface area contributed by atoms with Gasteiger partial charge in [-0.15, -0.1) is 5.10 Å². The van der Waals surface area contributed by atoms with Gasteiger partial charge in [-0.1, -0.05) is 17.8 Å². The minimum absolute atomic E-state index is 0.0587. The van der Waals surface area contributed by atoms with E-state index in [2.05, 4.69) is 21.0 Å². The lowest BCUT2D eigenvalue weighted by atomic mass is 10.2. The number of nitro benzene ring substituents is 1. The molecule has 0 radical (unpaired) electrons. The normalized spacial score (nSPS) is 10.4. The van der Waals surface area contributed by atoms with Gasteiger partial charge >= 0.3 is 0 Å². The number of nitro groups is 1. The summed E-state index contributed by atoms with van der Waals surface area (Å²) in [6.07, 6.45) is 0. The van der Waals surface area contributed by atoms with Crippen molar-refractivity contribution in [1.82, 2.24) is 20.2 Å². The van der Waals surface area contributed by atoms with Crippen LogP contribution in [-0.2, 0) is 12.8 Å². The molecule has 2 rings (SSSR count). The third-order valence-electron chi connectivity index (χ3n) is 2.36. The number of aromatic nitrogens is 4. The number of hydrazine groups is 1. The number of hydrogen-bond donors (Lipinski definition) is 2. The maximum Gasteiger partial charge on any atom is 0.293 e. The van der Waals surface area contributed by atoms with Gasteiger partial charge < -0.3 is 5.43 Å². The summed E-state index contributed by atoms with van der Waals surface area (Å²) in [5, 5.41) is 22.5. The second kappa shape index (κ2) is 5.63. The molecule has 9 nitrogen and oxygen atoms in total. The van der Waals surface area contributed by atoms with Crippen LogP contribution in [-0.4, -0.2) is 25.1 Å². The minimum atomic E-state index is -0.487. The highest BCUT2D eigenvalue weighted by Gasteiger charge is 2.13. The molecule has 0 fully saturated rings. The molecule has 19 heavy (non-hydrogen) atoms. The van der Waals surface area contributed by atoms with Gasteiger partial charge in [0.25, 0.3) is 5.69 Å².